The molecule has 0 aliphatic heterocycles. The Balaban J connectivity index is 2.55. The van der Waals surface area contributed by atoms with Gasteiger partial charge in [0, 0.05) is 11.8 Å². The molecule has 0 saturated carbocycles. The summed E-state index contributed by atoms with van der Waals surface area (Å²) in [6, 6.07) is 6.81. The highest BCUT2D eigenvalue weighted by atomic mass is 35.5. The molecule has 0 atom stereocenters. The molecule has 0 unspecified atom stereocenters. The van der Waals surface area contributed by atoms with Crippen molar-refractivity contribution in [3.63, 3.8) is 0 Å². The number of benzene rings is 1. The van der Waals surface area contributed by atoms with Gasteiger partial charge in [0.2, 0.25) is 11.6 Å². The Morgan fingerprint density at radius 3 is 2.71 bits per heavy atom. The fourth-order valence-corrected chi connectivity index (χ4v) is 1.82. The second-order valence-corrected chi connectivity index (χ2v) is 4.46. The number of hydrogen-bond donors (Lipinski definition) is 1. The number of nitrogens with zero attached hydrogens (tertiary/aromatic N) is 2. The van der Waals surface area contributed by atoms with Crippen molar-refractivity contribution in [2.45, 2.75) is 6.92 Å². The predicted molar refractivity (Wildman–Crippen MR) is 74.1 cm³/mol. The van der Waals surface area contributed by atoms with E-state index in [2.05, 4.69) is 4.98 Å². The molecule has 1 N–H and O–H groups in total. The lowest BCUT2D eigenvalue weighted by atomic mass is 10.2. The molecule has 2 aromatic rings. The van der Waals surface area contributed by atoms with E-state index in [0.29, 0.717) is 5.69 Å². The molecule has 0 aliphatic carbocycles. The maximum Gasteiger partial charge on any atom is 0.341 e. The predicted octanol–water partition coefficient (Wildman–Crippen LogP) is 3.44. The minimum atomic E-state index is -1.26. The van der Waals surface area contributed by atoms with Gasteiger partial charge < -0.3 is 9.84 Å². The van der Waals surface area contributed by atoms with Crippen LogP contribution in [0.1, 0.15) is 16.1 Å². The van der Waals surface area contributed by atoms with Gasteiger partial charge in [0.05, 0.1) is 9.95 Å². The van der Waals surface area contributed by atoms with E-state index >= 15 is 0 Å². The van der Waals surface area contributed by atoms with Crippen LogP contribution in [0.25, 0.3) is 0 Å². The van der Waals surface area contributed by atoms with Crippen LogP contribution in [0.3, 0.4) is 0 Å². The van der Waals surface area contributed by atoms with Crippen molar-refractivity contribution in [1.82, 2.24) is 4.98 Å². The van der Waals surface area contributed by atoms with Crippen LogP contribution >= 0.6 is 11.6 Å². The van der Waals surface area contributed by atoms with Gasteiger partial charge in [0.15, 0.2) is 0 Å². The monoisotopic (exact) mass is 308 g/mol. The number of carboxylic acid groups (broad SMARTS) is 1. The third-order valence-corrected chi connectivity index (χ3v) is 2.87. The number of nitro groups is 1. The van der Waals surface area contributed by atoms with Gasteiger partial charge in [-0.05, 0) is 25.1 Å². The van der Waals surface area contributed by atoms with Crippen LogP contribution in [0.5, 0.6) is 11.6 Å². The molecule has 1 aromatic heterocycles. The van der Waals surface area contributed by atoms with Crippen LogP contribution in [-0.2, 0) is 0 Å². The molecular formula is C13H9ClN2O5. The molecule has 1 heterocycles. The third kappa shape index (κ3) is 3.09. The van der Waals surface area contributed by atoms with Crippen LogP contribution in [-0.4, -0.2) is 21.0 Å². The number of hydrogen-bond acceptors (Lipinski definition) is 5. The molecule has 1 aromatic carbocycles. The number of ether oxygens (including phenoxy) is 1. The van der Waals surface area contributed by atoms with Crippen molar-refractivity contribution < 1.29 is 19.6 Å². The van der Waals surface area contributed by atoms with Crippen LogP contribution in [0, 0.1) is 17.0 Å². The summed E-state index contributed by atoms with van der Waals surface area (Å²) in [5, 5.41) is 20.1. The molecule has 0 spiro atoms. The first kappa shape index (κ1) is 14.7. The summed E-state index contributed by atoms with van der Waals surface area (Å²) in [5.74, 6) is -1.75. The Bertz CT molecular complexity index is 732. The summed E-state index contributed by atoms with van der Waals surface area (Å²) in [6.07, 6.45) is 0. The van der Waals surface area contributed by atoms with E-state index in [-0.39, 0.29) is 27.9 Å². The quantitative estimate of drug-likeness (QED) is 0.685. The molecule has 0 saturated heterocycles. The average molecular weight is 309 g/mol. The maximum atomic E-state index is 11.1. The van der Waals surface area contributed by atoms with Gasteiger partial charge in [-0.25, -0.2) is 9.78 Å². The SMILES string of the molecule is Cc1ccc(C(=O)O)c(Oc2c(Cl)cccc2[N+](=O)[O-])n1. The zero-order valence-corrected chi connectivity index (χ0v) is 11.5. The van der Waals surface area contributed by atoms with Crippen LogP contribution in [0.4, 0.5) is 5.69 Å². The second kappa shape index (κ2) is 5.76. The van der Waals surface area contributed by atoms with Crippen molar-refractivity contribution in [2.75, 3.05) is 0 Å². The average Bonchev–Trinajstić information content (AvgIpc) is 2.40. The highest BCUT2D eigenvalue weighted by Crippen LogP contribution is 2.38. The van der Waals surface area contributed by atoms with Crippen molar-refractivity contribution in [1.29, 1.82) is 0 Å². The summed E-state index contributed by atoms with van der Waals surface area (Å²) in [6.45, 7) is 1.64. The summed E-state index contributed by atoms with van der Waals surface area (Å²) in [5.41, 5.74) is -0.0818. The normalized spacial score (nSPS) is 10.2. The van der Waals surface area contributed by atoms with Gasteiger partial charge in [-0.2, -0.15) is 0 Å². The van der Waals surface area contributed by atoms with Gasteiger partial charge in [0.1, 0.15) is 5.56 Å². The Morgan fingerprint density at radius 2 is 2.10 bits per heavy atom. The van der Waals surface area contributed by atoms with Crippen molar-refractivity contribution in [3.05, 3.63) is 56.7 Å². The minimum absolute atomic E-state index is 0.0103. The number of pyridine rings is 1. The van der Waals surface area contributed by atoms with E-state index in [9.17, 15) is 14.9 Å². The fourth-order valence-electron chi connectivity index (χ4n) is 1.61. The van der Waals surface area contributed by atoms with Gasteiger partial charge in [0.25, 0.3) is 0 Å². The molecule has 0 amide bonds. The number of para-hydroxylation sites is 1. The number of aryl methyl sites for hydroxylation is 1. The molecule has 0 aliphatic rings. The van der Waals surface area contributed by atoms with Crippen molar-refractivity contribution in [3.8, 4) is 11.6 Å². The summed E-state index contributed by atoms with van der Waals surface area (Å²) < 4.78 is 5.31. The van der Waals surface area contributed by atoms with Gasteiger partial charge in [-0.1, -0.05) is 17.7 Å². The Kier molecular flexibility index (Phi) is 4.04. The summed E-state index contributed by atoms with van der Waals surface area (Å²) in [7, 11) is 0. The lowest BCUT2D eigenvalue weighted by Gasteiger charge is -2.09. The van der Waals surface area contributed by atoms with E-state index < -0.39 is 10.9 Å². The number of nitro benzene ring substituents is 1. The van der Waals surface area contributed by atoms with Crippen LogP contribution in [0.2, 0.25) is 5.02 Å². The first-order chi connectivity index (χ1) is 9.90. The smallest absolute Gasteiger partial charge is 0.341 e. The highest BCUT2D eigenvalue weighted by molar-refractivity contribution is 6.32. The first-order valence-electron chi connectivity index (χ1n) is 5.72. The zero-order valence-electron chi connectivity index (χ0n) is 10.7. The fraction of sp³-hybridized carbons (Fsp3) is 0.0769. The van der Waals surface area contributed by atoms with Crippen LogP contribution < -0.4 is 4.74 Å². The van der Waals surface area contributed by atoms with E-state index in [1.54, 1.807) is 6.92 Å². The Morgan fingerprint density at radius 1 is 1.38 bits per heavy atom. The number of aromatic nitrogens is 1. The Hall–Kier alpha value is -2.67. The molecule has 8 heteroatoms. The van der Waals surface area contributed by atoms with Gasteiger partial charge in [-0.3, -0.25) is 10.1 Å². The van der Waals surface area contributed by atoms with Gasteiger partial charge in [-0.15, -0.1) is 0 Å². The lowest BCUT2D eigenvalue weighted by molar-refractivity contribution is -0.385. The number of aromatic carboxylic acids is 1. The van der Waals surface area contributed by atoms with E-state index in [4.69, 9.17) is 21.4 Å². The standard InChI is InChI=1S/C13H9ClN2O5/c1-7-5-6-8(13(17)18)12(15-7)21-11-9(14)3-2-4-10(11)16(19)20/h2-6H,1H3,(H,17,18). The number of carbonyl (C=O) groups is 1. The van der Waals surface area contributed by atoms with Crippen molar-refractivity contribution in [2.24, 2.45) is 0 Å². The molecule has 108 valence electrons. The third-order valence-electron chi connectivity index (χ3n) is 2.57. The van der Waals surface area contributed by atoms with Gasteiger partial charge >= 0.3 is 11.7 Å². The van der Waals surface area contributed by atoms with E-state index in [0.717, 1.165) is 0 Å². The number of halogens is 1. The van der Waals surface area contributed by atoms with E-state index in [1.807, 2.05) is 0 Å². The first-order valence-corrected chi connectivity index (χ1v) is 6.09. The highest BCUT2D eigenvalue weighted by Gasteiger charge is 2.22. The summed E-state index contributed by atoms with van der Waals surface area (Å²) in [4.78, 5) is 25.4. The molecule has 0 bridgehead atoms. The zero-order chi connectivity index (χ0) is 15.6. The Labute approximate surface area is 123 Å². The topological polar surface area (TPSA) is 103 Å². The largest absolute Gasteiger partial charge is 0.477 e. The lowest BCUT2D eigenvalue weighted by Crippen LogP contribution is -2.04. The van der Waals surface area contributed by atoms with E-state index in [1.165, 1.54) is 30.3 Å². The summed E-state index contributed by atoms with van der Waals surface area (Å²) >= 11 is 5.89. The van der Waals surface area contributed by atoms with Crippen LogP contribution in [0.15, 0.2) is 30.3 Å². The molecule has 2 rings (SSSR count). The van der Waals surface area contributed by atoms with Crippen molar-refractivity contribution >= 4 is 23.3 Å². The second-order valence-electron chi connectivity index (χ2n) is 4.06. The molecule has 0 fully saturated rings. The minimum Gasteiger partial charge on any atom is -0.477 e. The maximum absolute atomic E-state index is 11.1. The molecule has 21 heavy (non-hydrogen) atoms. The molecular weight excluding hydrogens is 300 g/mol. The number of carboxylic acids is 1. The number of rotatable bonds is 4. The molecule has 7 nitrogen and oxygen atoms in total. The molecule has 0 radical (unpaired) electrons.